The van der Waals surface area contributed by atoms with Crippen molar-refractivity contribution in [3.63, 3.8) is 0 Å². The summed E-state index contributed by atoms with van der Waals surface area (Å²) in [5.74, 6) is 2.08. The van der Waals surface area contributed by atoms with Crippen molar-refractivity contribution >= 4 is 22.7 Å². The fourth-order valence-electron chi connectivity index (χ4n) is 4.74. The van der Waals surface area contributed by atoms with E-state index < -0.39 is 6.36 Å². The van der Waals surface area contributed by atoms with Crippen LogP contribution in [0.3, 0.4) is 0 Å². The molecular formula is C27H34F3N5O. The Bertz CT molecular complexity index is 1110. The molecule has 0 radical (unpaired) electrons. The number of nitrogens with zero attached hydrogens (tertiary/aromatic N) is 3. The van der Waals surface area contributed by atoms with Gasteiger partial charge in [-0.05, 0) is 87.4 Å². The third-order valence-electron chi connectivity index (χ3n) is 6.60. The van der Waals surface area contributed by atoms with Crippen molar-refractivity contribution < 1.29 is 17.9 Å². The van der Waals surface area contributed by atoms with Crippen LogP contribution in [0.15, 0.2) is 48.5 Å². The molecule has 1 saturated carbocycles. The van der Waals surface area contributed by atoms with Crippen LogP contribution in [0, 0.1) is 5.92 Å². The summed E-state index contributed by atoms with van der Waals surface area (Å²) in [5, 5.41) is 8.16. The lowest BCUT2D eigenvalue weighted by atomic mass is 9.86. The molecule has 2 N–H and O–H groups in total. The zero-order chi connectivity index (χ0) is 25.5. The van der Waals surface area contributed by atoms with Gasteiger partial charge in [-0.15, -0.1) is 13.2 Å². The zero-order valence-corrected chi connectivity index (χ0v) is 20.8. The first kappa shape index (κ1) is 26.0. The summed E-state index contributed by atoms with van der Waals surface area (Å²) in [6, 6.07) is 14.6. The van der Waals surface area contributed by atoms with Gasteiger partial charge in [-0.1, -0.05) is 24.3 Å². The Hall–Kier alpha value is -3.07. The molecule has 1 fully saturated rings. The van der Waals surface area contributed by atoms with E-state index in [4.69, 9.17) is 9.97 Å². The van der Waals surface area contributed by atoms with Gasteiger partial charge in [0.05, 0.1) is 5.52 Å². The summed E-state index contributed by atoms with van der Waals surface area (Å²) in [7, 11) is 4.00. The number of alkyl halides is 3. The Balaban J connectivity index is 1.16. The summed E-state index contributed by atoms with van der Waals surface area (Å²) >= 11 is 0. The minimum absolute atomic E-state index is 0.181. The highest BCUT2D eigenvalue weighted by atomic mass is 19.4. The fraction of sp³-hybridized carbons (Fsp3) is 0.481. The maximum atomic E-state index is 12.3. The van der Waals surface area contributed by atoms with Gasteiger partial charge in [-0.25, -0.2) is 4.98 Å². The van der Waals surface area contributed by atoms with Crippen molar-refractivity contribution in [2.75, 3.05) is 37.4 Å². The largest absolute Gasteiger partial charge is 0.573 e. The smallest absolute Gasteiger partial charge is 0.406 e. The van der Waals surface area contributed by atoms with Crippen molar-refractivity contribution in [2.45, 2.75) is 50.9 Å². The minimum Gasteiger partial charge on any atom is -0.406 e. The lowest BCUT2D eigenvalue weighted by molar-refractivity contribution is -0.274. The molecule has 3 aromatic rings. The highest BCUT2D eigenvalue weighted by Crippen LogP contribution is 2.28. The maximum Gasteiger partial charge on any atom is 0.573 e. The number of ether oxygens (including phenoxy) is 1. The molecule has 0 atom stereocenters. The molecule has 194 valence electrons. The molecule has 1 aliphatic carbocycles. The molecule has 36 heavy (non-hydrogen) atoms. The second kappa shape index (κ2) is 11.8. The van der Waals surface area contributed by atoms with Crippen LogP contribution in [-0.4, -0.2) is 49.6 Å². The van der Waals surface area contributed by atoms with Crippen LogP contribution in [0.1, 0.15) is 37.7 Å². The van der Waals surface area contributed by atoms with Crippen LogP contribution >= 0.6 is 0 Å². The van der Waals surface area contributed by atoms with Gasteiger partial charge >= 0.3 is 6.36 Å². The van der Waals surface area contributed by atoms with Gasteiger partial charge in [-0.2, -0.15) is 4.98 Å². The van der Waals surface area contributed by atoms with Gasteiger partial charge < -0.3 is 20.3 Å². The van der Waals surface area contributed by atoms with Crippen molar-refractivity contribution in [1.82, 2.24) is 15.3 Å². The number of para-hydroxylation sites is 1. The van der Waals surface area contributed by atoms with Gasteiger partial charge in [0, 0.05) is 25.5 Å². The number of hydrogen-bond donors (Lipinski definition) is 2. The molecule has 9 heteroatoms. The third-order valence-corrected chi connectivity index (χ3v) is 6.60. The molecule has 4 rings (SSSR count). The Labute approximate surface area is 210 Å². The number of nitrogens with one attached hydrogen (secondary N) is 2. The molecule has 1 aliphatic rings. The zero-order valence-electron chi connectivity index (χ0n) is 20.8. The second-order valence-corrected chi connectivity index (χ2v) is 9.64. The van der Waals surface area contributed by atoms with E-state index in [0.29, 0.717) is 17.9 Å². The van der Waals surface area contributed by atoms with Crippen molar-refractivity contribution in [3.8, 4) is 5.75 Å². The molecule has 0 saturated heterocycles. The Kier molecular flexibility index (Phi) is 8.51. The molecule has 0 unspecified atom stereocenters. The van der Waals surface area contributed by atoms with Crippen molar-refractivity contribution in [3.05, 3.63) is 54.1 Å². The summed E-state index contributed by atoms with van der Waals surface area (Å²) in [6.07, 6.45) is 1.58. The fourth-order valence-corrected chi connectivity index (χ4v) is 4.74. The first-order valence-corrected chi connectivity index (χ1v) is 12.5. The van der Waals surface area contributed by atoms with Crippen molar-refractivity contribution in [1.29, 1.82) is 0 Å². The topological polar surface area (TPSA) is 62.3 Å². The molecule has 1 heterocycles. The minimum atomic E-state index is -4.65. The maximum absolute atomic E-state index is 12.3. The number of rotatable bonds is 10. The molecule has 6 nitrogen and oxygen atoms in total. The normalized spacial score (nSPS) is 18.2. The molecule has 0 spiro atoms. The molecule has 1 aromatic heterocycles. The van der Waals surface area contributed by atoms with E-state index in [0.717, 1.165) is 73.9 Å². The van der Waals surface area contributed by atoms with E-state index in [2.05, 4.69) is 21.4 Å². The summed E-state index contributed by atoms with van der Waals surface area (Å²) in [4.78, 5) is 11.5. The van der Waals surface area contributed by atoms with Crippen LogP contribution in [0.25, 0.3) is 10.9 Å². The average molecular weight is 502 g/mol. The van der Waals surface area contributed by atoms with E-state index in [9.17, 15) is 13.2 Å². The van der Waals surface area contributed by atoms with Crippen LogP contribution in [0.4, 0.5) is 24.9 Å². The quantitative estimate of drug-likeness (QED) is 0.343. The van der Waals surface area contributed by atoms with Gasteiger partial charge in [-0.3, -0.25) is 0 Å². The number of benzene rings is 2. The van der Waals surface area contributed by atoms with E-state index in [1.807, 2.05) is 37.2 Å². The van der Waals surface area contributed by atoms with Gasteiger partial charge in [0.2, 0.25) is 5.95 Å². The van der Waals surface area contributed by atoms with E-state index in [1.165, 1.54) is 12.1 Å². The molecule has 2 aromatic carbocycles. The highest BCUT2D eigenvalue weighted by molar-refractivity contribution is 5.90. The van der Waals surface area contributed by atoms with Gasteiger partial charge in [0.1, 0.15) is 11.6 Å². The highest BCUT2D eigenvalue weighted by Gasteiger charge is 2.31. The molecule has 0 amide bonds. The number of aryl methyl sites for hydroxylation is 1. The number of fused-ring (bicyclic) bond motifs is 1. The molecule has 0 bridgehead atoms. The summed E-state index contributed by atoms with van der Waals surface area (Å²) < 4.78 is 40.7. The number of hydrogen-bond acceptors (Lipinski definition) is 6. The van der Waals surface area contributed by atoms with Gasteiger partial charge in [0.15, 0.2) is 0 Å². The predicted molar refractivity (Wildman–Crippen MR) is 138 cm³/mol. The lowest BCUT2D eigenvalue weighted by Gasteiger charge is -2.29. The Morgan fingerprint density at radius 1 is 0.972 bits per heavy atom. The summed E-state index contributed by atoms with van der Waals surface area (Å²) in [6.45, 7) is 1.87. The SMILES string of the molecule is CN(C)c1nc(N[C@H]2CC[C@@H](CNCCCc3ccc(OC(F)(F)F)cc3)CC2)nc2ccccc12. The van der Waals surface area contributed by atoms with Crippen LogP contribution in [0.2, 0.25) is 0 Å². The molecular weight excluding hydrogens is 467 g/mol. The number of aromatic nitrogens is 2. The van der Waals surface area contributed by atoms with Crippen LogP contribution < -0.4 is 20.3 Å². The van der Waals surface area contributed by atoms with Gasteiger partial charge in [0.25, 0.3) is 0 Å². The Morgan fingerprint density at radius 2 is 1.69 bits per heavy atom. The van der Waals surface area contributed by atoms with Crippen molar-refractivity contribution in [2.24, 2.45) is 5.92 Å². The van der Waals surface area contributed by atoms with E-state index >= 15 is 0 Å². The summed E-state index contributed by atoms with van der Waals surface area (Å²) in [5.41, 5.74) is 1.95. The first-order chi connectivity index (χ1) is 17.3. The van der Waals surface area contributed by atoms with Crippen LogP contribution in [-0.2, 0) is 6.42 Å². The number of halogens is 3. The number of anilines is 2. The lowest BCUT2D eigenvalue weighted by Crippen LogP contribution is -2.32. The first-order valence-electron chi connectivity index (χ1n) is 12.5. The predicted octanol–water partition coefficient (Wildman–Crippen LogP) is 5.79. The monoisotopic (exact) mass is 501 g/mol. The third kappa shape index (κ3) is 7.46. The average Bonchev–Trinajstić information content (AvgIpc) is 2.84. The van der Waals surface area contributed by atoms with E-state index in [1.54, 1.807) is 12.1 Å². The standard InChI is InChI=1S/C27H34F3N5O/c1-35(2)25-23-7-3-4-8-24(23)33-26(34-25)32-21-13-9-20(10-14-21)18-31-17-5-6-19-11-15-22(16-12-19)36-27(28,29)30/h3-4,7-8,11-12,15-16,20-21,31H,5-6,9-10,13-14,17-18H2,1-2H3,(H,32,33,34)/t20-,21+. The second-order valence-electron chi connectivity index (χ2n) is 9.64. The molecule has 0 aliphatic heterocycles. The van der Waals surface area contributed by atoms with E-state index in [-0.39, 0.29) is 5.75 Å². The van der Waals surface area contributed by atoms with Crippen LogP contribution in [0.5, 0.6) is 5.75 Å². The Morgan fingerprint density at radius 3 is 2.39 bits per heavy atom.